The molecule has 0 aliphatic carbocycles. The van der Waals surface area contributed by atoms with E-state index in [1.54, 1.807) is 0 Å². The molecule has 100 valence electrons. The predicted octanol–water partition coefficient (Wildman–Crippen LogP) is 3.82. The fraction of sp³-hybridized carbons (Fsp3) is 0.0769. The van der Waals surface area contributed by atoms with Crippen LogP contribution in [0, 0.1) is 11.6 Å². The quantitative estimate of drug-likeness (QED) is 0.668. The fourth-order valence-electron chi connectivity index (χ4n) is 1.82. The minimum Gasteiger partial charge on any atom is -0.271 e. The molecule has 19 heavy (non-hydrogen) atoms. The van der Waals surface area contributed by atoms with Gasteiger partial charge in [-0.2, -0.15) is 0 Å². The van der Waals surface area contributed by atoms with E-state index in [4.69, 9.17) is 29.0 Å². The van der Waals surface area contributed by atoms with Crippen molar-refractivity contribution in [2.24, 2.45) is 5.84 Å². The molecule has 0 saturated heterocycles. The number of rotatable bonds is 3. The molecule has 0 aliphatic rings. The van der Waals surface area contributed by atoms with Gasteiger partial charge in [0.1, 0.15) is 11.6 Å². The van der Waals surface area contributed by atoms with Crippen LogP contribution in [0.25, 0.3) is 0 Å². The Morgan fingerprint density at radius 1 is 0.895 bits per heavy atom. The highest BCUT2D eigenvalue weighted by molar-refractivity contribution is 6.30. The normalized spacial score (nSPS) is 12.5. The number of hydrogen-bond donors (Lipinski definition) is 2. The monoisotopic (exact) mass is 302 g/mol. The number of nitrogens with one attached hydrogen (secondary N) is 1. The second kappa shape index (κ2) is 5.84. The van der Waals surface area contributed by atoms with Gasteiger partial charge in [0.05, 0.1) is 6.04 Å². The summed E-state index contributed by atoms with van der Waals surface area (Å²) in [4.78, 5) is 0. The van der Waals surface area contributed by atoms with Crippen LogP contribution in [0.3, 0.4) is 0 Å². The van der Waals surface area contributed by atoms with Gasteiger partial charge >= 0.3 is 0 Å². The van der Waals surface area contributed by atoms with E-state index in [2.05, 4.69) is 5.43 Å². The molecule has 1 unspecified atom stereocenters. The first-order valence-electron chi connectivity index (χ1n) is 5.39. The van der Waals surface area contributed by atoms with Crippen LogP contribution in [0.5, 0.6) is 0 Å². The van der Waals surface area contributed by atoms with Crippen molar-refractivity contribution in [3.05, 3.63) is 69.2 Å². The second-order valence-electron chi connectivity index (χ2n) is 3.93. The Morgan fingerprint density at radius 3 is 2.16 bits per heavy atom. The first kappa shape index (κ1) is 14.2. The zero-order valence-corrected chi connectivity index (χ0v) is 11.1. The van der Waals surface area contributed by atoms with E-state index >= 15 is 0 Å². The van der Waals surface area contributed by atoms with E-state index < -0.39 is 17.7 Å². The molecule has 0 amide bonds. The van der Waals surface area contributed by atoms with Gasteiger partial charge in [-0.05, 0) is 30.3 Å². The molecule has 0 aliphatic heterocycles. The Bertz CT molecular complexity index is 605. The molecule has 0 heterocycles. The van der Waals surface area contributed by atoms with Crippen LogP contribution in [0.4, 0.5) is 8.78 Å². The maximum absolute atomic E-state index is 13.9. The number of nitrogens with two attached hydrogens (primary N) is 1. The van der Waals surface area contributed by atoms with Gasteiger partial charge in [-0.25, -0.2) is 14.2 Å². The number of benzene rings is 2. The zero-order chi connectivity index (χ0) is 14.0. The number of hydrogen-bond acceptors (Lipinski definition) is 2. The molecule has 2 aromatic carbocycles. The van der Waals surface area contributed by atoms with E-state index in [1.807, 2.05) is 0 Å². The molecule has 0 bridgehead atoms. The second-order valence-corrected chi connectivity index (χ2v) is 4.80. The molecule has 2 rings (SSSR count). The van der Waals surface area contributed by atoms with E-state index in [0.717, 1.165) is 6.07 Å². The summed E-state index contributed by atoms with van der Waals surface area (Å²) >= 11 is 11.5. The topological polar surface area (TPSA) is 38.0 Å². The molecule has 0 radical (unpaired) electrons. The van der Waals surface area contributed by atoms with E-state index in [0.29, 0.717) is 5.02 Å². The zero-order valence-electron chi connectivity index (χ0n) is 9.63. The Balaban J connectivity index is 2.52. The maximum Gasteiger partial charge on any atom is 0.129 e. The van der Waals surface area contributed by atoms with Crippen molar-refractivity contribution in [2.45, 2.75) is 6.04 Å². The smallest absolute Gasteiger partial charge is 0.129 e. The van der Waals surface area contributed by atoms with Crippen LogP contribution < -0.4 is 11.3 Å². The van der Waals surface area contributed by atoms with Crippen molar-refractivity contribution in [1.29, 1.82) is 0 Å². The Morgan fingerprint density at radius 2 is 1.53 bits per heavy atom. The lowest BCUT2D eigenvalue weighted by Gasteiger charge is -2.18. The molecule has 0 aromatic heterocycles. The van der Waals surface area contributed by atoms with Gasteiger partial charge in [-0.15, -0.1) is 0 Å². The summed E-state index contributed by atoms with van der Waals surface area (Å²) in [5.74, 6) is 4.30. The summed E-state index contributed by atoms with van der Waals surface area (Å²) in [6.45, 7) is 0. The van der Waals surface area contributed by atoms with Gasteiger partial charge in [-0.3, -0.25) is 5.84 Å². The molecule has 1 atom stereocenters. The number of halogens is 4. The third kappa shape index (κ3) is 3.04. The van der Waals surface area contributed by atoms with Gasteiger partial charge in [0, 0.05) is 21.2 Å². The average Bonchev–Trinajstić information content (AvgIpc) is 2.36. The van der Waals surface area contributed by atoms with Gasteiger partial charge in [-0.1, -0.05) is 29.3 Å². The molecule has 0 fully saturated rings. The third-order valence-electron chi connectivity index (χ3n) is 2.71. The summed E-state index contributed by atoms with van der Waals surface area (Å²) in [5.41, 5.74) is 2.73. The molecule has 2 nitrogen and oxygen atoms in total. The Labute approximate surface area is 119 Å². The molecule has 6 heteroatoms. The minimum absolute atomic E-state index is 0.163. The summed E-state index contributed by atoms with van der Waals surface area (Å²) in [6, 6.07) is 7.26. The lowest BCUT2D eigenvalue weighted by atomic mass is 9.98. The standard InChI is InChI=1S/C13H10Cl2F2N2/c14-7-2-4-11(16)10(5-7)13(19-18)9-3-1-8(15)6-12(9)17/h1-6,13,19H,18H2. The first-order valence-corrected chi connectivity index (χ1v) is 6.14. The van der Waals surface area contributed by atoms with Gasteiger partial charge in [0.15, 0.2) is 0 Å². The van der Waals surface area contributed by atoms with Gasteiger partial charge < -0.3 is 0 Å². The van der Waals surface area contributed by atoms with Crippen LogP contribution >= 0.6 is 23.2 Å². The summed E-state index contributed by atoms with van der Waals surface area (Å²) in [6.07, 6.45) is 0. The molecular formula is C13H10Cl2F2N2. The predicted molar refractivity (Wildman–Crippen MR) is 72.0 cm³/mol. The highest BCUT2D eigenvalue weighted by atomic mass is 35.5. The lowest BCUT2D eigenvalue weighted by Crippen LogP contribution is -2.30. The van der Waals surface area contributed by atoms with Crippen LogP contribution in [0.15, 0.2) is 36.4 Å². The average molecular weight is 303 g/mol. The van der Waals surface area contributed by atoms with Crippen LogP contribution in [0.1, 0.15) is 17.2 Å². The summed E-state index contributed by atoms with van der Waals surface area (Å²) in [5, 5.41) is 0.592. The Kier molecular flexibility index (Phi) is 4.37. The highest BCUT2D eigenvalue weighted by Gasteiger charge is 2.20. The minimum atomic E-state index is -0.851. The van der Waals surface area contributed by atoms with Crippen LogP contribution in [-0.2, 0) is 0 Å². The third-order valence-corrected chi connectivity index (χ3v) is 3.18. The highest BCUT2D eigenvalue weighted by Crippen LogP contribution is 2.29. The summed E-state index contributed by atoms with van der Waals surface area (Å²) in [7, 11) is 0. The van der Waals surface area contributed by atoms with Crippen molar-refractivity contribution >= 4 is 23.2 Å². The van der Waals surface area contributed by atoms with Crippen molar-refractivity contribution in [3.8, 4) is 0 Å². The van der Waals surface area contributed by atoms with Crippen molar-refractivity contribution in [1.82, 2.24) is 5.43 Å². The molecule has 0 saturated carbocycles. The SMILES string of the molecule is NNC(c1ccc(Cl)cc1F)c1cc(Cl)ccc1F. The lowest BCUT2D eigenvalue weighted by molar-refractivity contribution is 0.531. The van der Waals surface area contributed by atoms with Crippen molar-refractivity contribution < 1.29 is 8.78 Å². The van der Waals surface area contributed by atoms with Crippen LogP contribution in [-0.4, -0.2) is 0 Å². The Hall–Kier alpha value is -1.20. The van der Waals surface area contributed by atoms with E-state index in [9.17, 15) is 8.78 Å². The van der Waals surface area contributed by atoms with E-state index in [-0.39, 0.29) is 16.1 Å². The molecule has 3 N–H and O–H groups in total. The molecular weight excluding hydrogens is 293 g/mol. The summed E-state index contributed by atoms with van der Waals surface area (Å²) < 4.78 is 27.7. The van der Waals surface area contributed by atoms with Gasteiger partial charge in [0.25, 0.3) is 0 Å². The first-order chi connectivity index (χ1) is 9.02. The molecule has 2 aromatic rings. The number of hydrazine groups is 1. The largest absolute Gasteiger partial charge is 0.271 e. The van der Waals surface area contributed by atoms with Gasteiger partial charge in [0.2, 0.25) is 0 Å². The van der Waals surface area contributed by atoms with Crippen molar-refractivity contribution in [3.63, 3.8) is 0 Å². The fourth-order valence-corrected chi connectivity index (χ4v) is 2.16. The van der Waals surface area contributed by atoms with Crippen molar-refractivity contribution in [2.75, 3.05) is 0 Å². The maximum atomic E-state index is 13.9. The van der Waals surface area contributed by atoms with Crippen LogP contribution in [0.2, 0.25) is 10.0 Å². The van der Waals surface area contributed by atoms with E-state index in [1.165, 1.54) is 30.3 Å². The molecule has 0 spiro atoms.